The van der Waals surface area contributed by atoms with Crippen LogP contribution in [0.4, 0.5) is 8.78 Å². The van der Waals surface area contributed by atoms with Crippen LogP contribution in [0.1, 0.15) is 41.2 Å². The van der Waals surface area contributed by atoms with Gasteiger partial charge in [-0.1, -0.05) is 61.0 Å². The molecule has 0 aromatic heterocycles. The maximum atomic E-state index is 13.8. The summed E-state index contributed by atoms with van der Waals surface area (Å²) in [5.41, 5.74) is 8.36. The predicted molar refractivity (Wildman–Crippen MR) is 145 cm³/mol. The maximum absolute atomic E-state index is 13.8. The molecular weight excluding hydrogens is 486 g/mol. The Hall–Kier alpha value is -3.62. The van der Waals surface area contributed by atoms with Crippen molar-refractivity contribution in [2.75, 3.05) is 6.54 Å². The largest absolute Gasteiger partial charge is 0.390 e. The second kappa shape index (κ2) is 12.8. The zero-order chi connectivity index (χ0) is 27.1. The molecule has 1 aliphatic heterocycles. The average molecular weight is 521 g/mol. The highest BCUT2D eigenvalue weighted by atomic mass is 19.1. The molecule has 8 heteroatoms. The number of amides is 1. The number of nitrogens with one attached hydrogen (secondary N) is 3. The minimum absolute atomic E-state index is 0.0625. The van der Waals surface area contributed by atoms with E-state index in [0.29, 0.717) is 18.5 Å². The van der Waals surface area contributed by atoms with E-state index in [9.17, 15) is 18.7 Å². The van der Waals surface area contributed by atoms with Gasteiger partial charge in [0, 0.05) is 25.6 Å². The molecule has 0 bridgehead atoms. The average Bonchev–Trinajstić information content (AvgIpc) is 3.39. The quantitative estimate of drug-likeness (QED) is 0.310. The van der Waals surface area contributed by atoms with Crippen LogP contribution >= 0.6 is 0 Å². The molecule has 3 unspecified atom stereocenters. The Labute approximate surface area is 222 Å². The molecule has 1 aliphatic rings. The summed E-state index contributed by atoms with van der Waals surface area (Å²) in [4.78, 5) is 13.2. The highest BCUT2D eigenvalue weighted by Crippen LogP contribution is 2.16. The lowest BCUT2D eigenvalue weighted by molar-refractivity contribution is -0.124. The Morgan fingerprint density at radius 3 is 2.47 bits per heavy atom. The van der Waals surface area contributed by atoms with Gasteiger partial charge in [-0.2, -0.15) is 5.10 Å². The van der Waals surface area contributed by atoms with Crippen molar-refractivity contribution in [3.8, 4) is 0 Å². The van der Waals surface area contributed by atoms with E-state index in [-0.39, 0.29) is 18.9 Å². The fraction of sp³-hybridized carbons (Fsp3) is 0.333. The summed E-state index contributed by atoms with van der Waals surface area (Å²) in [5, 5.41) is 21.5. The van der Waals surface area contributed by atoms with Crippen molar-refractivity contribution >= 4 is 11.6 Å². The lowest BCUT2D eigenvalue weighted by Crippen LogP contribution is -2.52. The number of benzene rings is 3. The molecule has 200 valence electrons. The normalized spacial score (nSPS) is 16.4. The Morgan fingerprint density at radius 1 is 1.05 bits per heavy atom. The van der Waals surface area contributed by atoms with Gasteiger partial charge in [0.1, 0.15) is 17.7 Å². The van der Waals surface area contributed by atoms with Crippen molar-refractivity contribution in [3.63, 3.8) is 0 Å². The van der Waals surface area contributed by atoms with Gasteiger partial charge in [-0.3, -0.25) is 10.2 Å². The van der Waals surface area contributed by atoms with Crippen molar-refractivity contribution in [2.24, 2.45) is 5.10 Å². The molecule has 3 aromatic carbocycles. The molecule has 0 saturated carbocycles. The highest BCUT2D eigenvalue weighted by Gasteiger charge is 2.30. The molecule has 0 saturated heterocycles. The zero-order valence-electron chi connectivity index (χ0n) is 21.7. The number of aliphatic hydroxyl groups excluding tert-OH is 1. The first-order chi connectivity index (χ1) is 18.3. The third-order valence-corrected chi connectivity index (χ3v) is 6.71. The molecule has 0 fully saturated rings. The summed E-state index contributed by atoms with van der Waals surface area (Å²) in [5.74, 6) is -1.75. The molecule has 4 N–H and O–H groups in total. The minimum Gasteiger partial charge on any atom is -0.390 e. The van der Waals surface area contributed by atoms with E-state index in [1.807, 2.05) is 43.3 Å². The van der Waals surface area contributed by atoms with Crippen LogP contribution in [-0.4, -0.2) is 41.5 Å². The maximum Gasteiger partial charge on any atom is 0.244 e. The number of hydrazone groups is 1. The van der Waals surface area contributed by atoms with Crippen LogP contribution in [0.3, 0.4) is 0 Å². The second-order valence-electron chi connectivity index (χ2n) is 9.78. The zero-order valence-corrected chi connectivity index (χ0v) is 21.7. The standard InChI is InChI=1S/C30H34F2N4O2/c1-3-20-5-4-6-21(11-20)17-33-18-29(37)27(14-22-12-24(31)15-25(32)13-22)34-30(38)28-16-26(35-36-28)23-9-7-19(2)8-10-23/h4-13,15,27-29,33,36-37H,3,14,16-18H2,1-2H3,(H,34,38). The Morgan fingerprint density at radius 2 is 1.76 bits per heavy atom. The number of halogens is 2. The Kier molecular flexibility index (Phi) is 9.20. The Balaban J connectivity index is 1.41. The summed E-state index contributed by atoms with van der Waals surface area (Å²) in [6.07, 6.45) is 0.378. The van der Waals surface area contributed by atoms with E-state index in [2.05, 4.69) is 40.2 Å². The molecule has 3 atom stereocenters. The van der Waals surface area contributed by atoms with Crippen LogP contribution in [0.25, 0.3) is 0 Å². The first-order valence-corrected chi connectivity index (χ1v) is 12.9. The number of carbonyl (C=O) groups is 1. The van der Waals surface area contributed by atoms with Gasteiger partial charge >= 0.3 is 0 Å². The lowest BCUT2D eigenvalue weighted by atomic mass is 9.99. The molecule has 0 spiro atoms. The summed E-state index contributed by atoms with van der Waals surface area (Å²) in [6.45, 7) is 4.81. The first-order valence-electron chi connectivity index (χ1n) is 12.9. The number of hydrogen-bond acceptors (Lipinski definition) is 5. The molecule has 3 aromatic rings. The third kappa shape index (κ3) is 7.46. The third-order valence-electron chi connectivity index (χ3n) is 6.71. The molecule has 4 rings (SSSR count). The van der Waals surface area contributed by atoms with Crippen molar-refractivity contribution in [1.82, 2.24) is 16.1 Å². The predicted octanol–water partition coefficient (Wildman–Crippen LogP) is 3.78. The Bertz CT molecular complexity index is 1260. The summed E-state index contributed by atoms with van der Waals surface area (Å²) >= 11 is 0. The van der Waals surface area contributed by atoms with Crippen LogP contribution in [0, 0.1) is 18.6 Å². The highest BCUT2D eigenvalue weighted by molar-refractivity contribution is 6.04. The number of aryl methyl sites for hydroxylation is 2. The van der Waals surface area contributed by atoms with Crippen molar-refractivity contribution < 1.29 is 18.7 Å². The topological polar surface area (TPSA) is 85.8 Å². The van der Waals surface area contributed by atoms with Gasteiger partial charge in [-0.05, 0) is 54.2 Å². The van der Waals surface area contributed by atoms with Gasteiger partial charge in [0.05, 0.1) is 17.9 Å². The van der Waals surface area contributed by atoms with Crippen LogP contribution in [0.5, 0.6) is 0 Å². The fourth-order valence-corrected chi connectivity index (χ4v) is 4.54. The molecule has 1 amide bonds. The van der Waals surface area contributed by atoms with E-state index in [4.69, 9.17) is 0 Å². The van der Waals surface area contributed by atoms with Gasteiger partial charge in [-0.15, -0.1) is 0 Å². The monoisotopic (exact) mass is 520 g/mol. The van der Waals surface area contributed by atoms with Crippen LogP contribution in [-0.2, 0) is 24.2 Å². The molecular formula is C30H34F2N4O2. The van der Waals surface area contributed by atoms with E-state index in [1.165, 1.54) is 17.7 Å². The summed E-state index contributed by atoms with van der Waals surface area (Å²) in [7, 11) is 0. The van der Waals surface area contributed by atoms with E-state index in [1.54, 1.807) is 0 Å². The number of nitrogens with zero attached hydrogens (tertiary/aromatic N) is 1. The first kappa shape index (κ1) is 27.4. The summed E-state index contributed by atoms with van der Waals surface area (Å²) < 4.78 is 27.7. The number of carbonyl (C=O) groups excluding carboxylic acids is 1. The molecule has 38 heavy (non-hydrogen) atoms. The minimum atomic E-state index is -1.00. The fourth-order valence-electron chi connectivity index (χ4n) is 4.54. The van der Waals surface area contributed by atoms with Gasteiger partial charge in [0.25, 0.3) is 0 Å². The lowest BCUT2D eigenvalue weighted by Gasteiger charge is -2.26. The van der Waals surface area contributed by atoms with E-state index >= 15 is 0 Å². The van der Waals surface area contributed by atoms with Gasteiger partial charge in [-0.25, -0.2) is 8.78 Å². The van der Waals surface area contributed by atoms with Crippen molar-refractivity contribution in [3.05, 3.63) is 106 Å². The molecule has 0 radical (unpaired) electrons. The van der Waals surface area contributed by atoms with Crippen LogP contribution in [0.2, 0.25) is 0 Å². The second-order valence-corrected chi connectivity index (χ2v) is 9.78. The van der Waals surface area contributed by atoms with Gasteiger partial charge in [0.15, 0.2) is 0 Å². The van der Waals surface area contributed by atoms with E-state index in [0.717, 1.165) is 34.9 Å². The molecule has 0 aliphatic carbocycles. The smallest absolute Gasteiger partial charge is 0.244 e. The molecule has 1 heterocycles. The SMILES string of the molecule is CCc1cccc(CNCC(O)C(Cc2cc(F)cc(F)c2)NC(=O)C2CC(c3ccc(C)cc3)=NN2)c1. The van der Waals surface area contributed by atoms with Crippen molar-refractivity contribution in [1.29, 1.82) is 0 Å². The van der Waals surface area contributed by atoms with Crippen LogP contribution < -0.4 is 16.1 Å². The van der Waals surface area contributed by atoms with Gasteiger partial charge < -0.3 is 15.7 Å². The number of rotatable bonds is 11. The molecule has 6 nitrogen and oxygen atoms in total. The van der Waals surface area contributed by atoms with Crippen molar-refractivity contribution in [2.45, 2.75) is 57.8 Å². The number of hydrogen-bond donors (Lipinski definition) is 4. The van der Waals surface area contributed by atoms with Gasteiger partial charge in [0.2, 0.25) is 5.91 Å². The van der Waals surface area contributed by atoms with Crippen LogP contribution in [0.15, 0.2) is 71.8 Å². The summed E-state index contributed by atoms with van der Waals surface area (Å²) in [6, 6.07) is 17.9. The number of aliphatic hydroxyl groups is 1. The van der Waals surface area contributed by atoms with E-state index < -0.39 is 29.8 Å².